The van der Waals surface area contributed by atoms with Crippen molar-refractivity contribution in [2.45, 2.75) is 96.4 Å². The zero-order chi connectivity index (χ0) is 31.3. The lowest BCUT2D eigenvalue weighted by Gasteiger charge is -2.40. The molecule has 5 atom stereocenters. The van der Waals surface area contributed by atoms with Crippen molar-refractivity contribution in [1.29, 1.82) is 0 Å². The molecule has 2 aromatic rings. The van der Waals surface area contributed by atoms with Crippen molar-refractivity contribution >= 4 is 23.9 Å². The van der Waals surface area contributed by atoms with E-state index in [1.165, 1.54) is 13.0 Å². The second-order valence-electron chi connectivity index (χ2n) is 12.1. The van der Waals surface area contributed by atoms with Gasteiger partial charge in [-0.2, -0.15) is 0 Å². The van der Waals surface area contributed by atoms with E-state index < -0.39 is 53.8 Å². The van der Waals surface area contributed by atoms with Crippen LogP contribution >= 0.6 is 0 Å². The first-order chi connectivity index (χ1) is 20.3. The molecule has 0 aliphatic carbocycles. The normalized spacial score (nSPS) is 23.6. The zero-order valence-corrected chi connectivity index (χ0v) is 25.5. The van der Waals surface area contributed by atoms with Gasteiger partial charge in [0.25, 0.3) is 5.91 Å². The second kappa shape index (κ2) is 13.3. The van der Waals surface area contributed by atoms with Crippen LogP contribution in [0, 0.1) is 0 Å². The minimum Gasteiger partial charge on any atom is -0.471 e. The molecular formula is C33H41N3O7. The highest BCUT2D eigenvalue weighted by Gasteiger charge is 2.47. The third-order valence-corrected chi connectivity index (χ3v) is 7.43. The number of benzene rings is 2. The smallest absolute Gasteiger partial charge is 0.408 e. The number of carbonyl (C=O) groups excluding carboxylic acids is 4. The lowest BCUT2D eigenvalue weighted by atomic mass is 9.96. The van der Waals surface area contributed by atoms with Crippen molar-refractivity contribution in [3.63, 3.8) is 0 Å². The fourth-order valence-electron chi connectivity index (χ4n) is 5.53. The Morgan fingerprint density at radius 1 is 0.884 bits per heavy atom. The first kappa shape index (κ1) is 31.6. The van der Waals surface area contributed by atoms with E-state index in [9.17, 15) is 19.2 Å². The van der Waals surface area contributed by atoms with E-state index in [0.717, 1.165) is 24.0 Å². The number of hydrogen-bond donors (Lipinski definition) is 2. The number of nitrogens with zero attached hydrogens (tertiary/aromatic N) is 1. The summed E-state index contributed by atoms with van der Waals surface area (Å²) in [4.78, 5) is 54.7. The van der Waals surface area contributed by atoms with Crippen LogP contribution in [0.2, 0.25) is 0 Å². The molecule has 2 aromatic carbocycles. The van der Waals surface area contributed by atoms with E-state index in [1.807, 2.05) is 74.5 Å². The summed E-state index contributed by atoms with van der Waals surface area (Å²) in [7, 11) is 0. The van der Waals surface area contributed by atoms with Gasteiger partial charge in [-0.15, -0.1) is 0 Å². The van der Waals surface area contributed by atoms with Crippen molar-refractivity contribution in [2.75, 3.05) is 0 Å². The van der Waals surface area contributed by atoms with Gasteiger partial charge in [0.05, 0.1) is 12.1 Å². The molecule has 1 saturated heterocycles. The van der Waals surface area contributed by atoms with Crippen molar-refractivity contribution in [2.24, 2.45) is 0 Å². The molecule has 230 valence electrons. The van der Waals surface area contributed by atoms with Crippen LogP contribution < -0.4 is 10.6 Å². The Bertz CT molecular complexity index is 1290. The summed E-state index contributed by atoms with van der Waals surface area (Å²) in [5.41, 5.74) is 0.675. The summed E-state index contributed by atoms with van der Waals surface area (Å²) in [5.74, 6) is -1.90. The number of nitrogens with one attached hydrogen (secondary N) is 2. The minimum absolute atomic E-state index is 0.0665. The van der Waals surface area contributed by atoms with Crippen LogP contribution in [0.4, 0.5) is 4.79 Å². The molecule has 0 unspecified atom stereocenters. The summed E-state index contributed by atoms with van der Waals surface area (Å²) < 4.78 is 17.6. The number of carbonyl (C=O) groups is 4. The van der Waals surface area contributed by atoms with Crippen LogP contribution in [-0.4, -0.2) is 64.6 Å². The molecular weight excluding hydrogens is 550 g/mol. The first-order valence-electron chi connectivity index (χ1n) is 14.6. The highest BCUT2D eigenvalue weighted by atomic mass is 16.6. The van der Waals surface area contributed by atoms with Gasteiger partial charge >= 0.3 is 12.1 Å². The van der Waals surface area contributed by atoms with Gasteiger partial charge in [0.2, 0.25) is 11.7 Å². The van der Waals surface area contributed by atoms with Crippen LogP contribution in [0.15, 0.2) is 72.5 Å². The number of amides is 3. The predicted octanol–water partition coefficient (Wildman–Crippen LogP) is 4.40. The highest BCUT2D eigenvalue weighted by molar-refractivity contribution is 5.90. The Hall–Kier alpha value is -4.34. The van der Waals surface area contributed by atoms with E-state index in [4.69, 9.17) is 14.2 Å². The van der Waals surface area contributed by atoms with Gasteiger partial charge in [0.1, 0.15) is 5.60 Å². The molecule has 0 spiro atoms. The standard InChI is InChI=1S/C33H41N3O7/c1-20-17-18-21(2)36(20)30(38)29-27(34-22(3)37)25(35-32(40)43-33(4,5)6)19-26(41-29)31(39)42-28(23-13-9-7-10-14-23)24-15-11-8-12-16-24/h7-16,19-21,25,27-29H,17-18H2,1-6H3,(H,34,37)(H,35,40)/t20-,21+,25-,27+,29+/m0/s1. The van der Waals surface area contributed by atoms with E-state index in [-0.39, 0.29) is 17.8 Å². The fourth-order valence-corrected chi connectivity index (χ4v) is 5.53. The molecule has 0 radical (unpaired) electrons. The average molecular weight is 592 g/mol. The summed E-state index contributed by atoms with van der Waals surface area (Å²) in [5, 5.41) is 5.48. The second-order valence-corrected chi connectivity index (χ2v) is 12.1. The van der Waals surface area contributed by atoms with Crippen molar-refractivity contribution in [1.82, 2.24) is 15.5 Å². The molecule has 10 heteroatoms. The number of hydrogen-bond acceptors (Lipinski definition) is 7. The lowest BCUT2D eigenvalue weighted by molar-refractivity contribution is -0.155. The Balaban J connectivity index is 1.72. The number of rotatable bonds is 7. The molecule has 1 fully saturated rings. The van der Waals surface area contributed by atoms with Crippen LogP contribution in [0.1, 0.15) is 71.6 Å². The molecule has 4 rings (SSSR count). The summed E-state index contributed by atoms with van der Waals surface area (Å²) >= 11 is 0. The van der Waals surface area contributed by atoms with Gasteiger partial charge in [-0.3, -0.25) is 9.59 Å². The van der Waals surface area contributed by atoms with Crippen molar-refractivity contribution < 1.29 is 33.4 Å². The first-order valence-corrected chi connectivity index (χ1v) is 14.6. The van der Waals surface area contributed by atoms with E-state index in [0.29, 0.717) is 0 Å². The summed E-state index contributed by atoms with van der Waals surface area (Å²) in [6, 6.07) is 16.4. The third-order valence-electron chi connectivity index (χ3n) is 7.43. The van der Waals surface area contributed by atoms with Crippen molar-refractivity contribution in [3.8, 4) is 0 Å². The monoisotopic (exact) mass is 591 g/mol. The molecule has 0 bridgehead atoms. The molecule has 2 aliphatic heterocycles. The summed E-state index contributed by atoms with van der Waals surface area (Å²) in [6.45, 7) is 10.4. The largest absolute Gasteiger partial charge is 0.471 e. The molecule has 2 heterocycles. The maximum Gasteiger partial charge on any atom is 0.408 e. The van der Waals surface area contributed by atoms with Crippen LogP contribution in [0.3, 0.4) is 0 Å². The molecule has 10 nitrogen and oxygen atoms in total. The lowest BCUT2D eigenvalue weighted by Crippen LogP contribution is -2.64. The van der Waals surface area contributed by atoms with Gasteiger partial charge in [-0.25, -0.2) is 9.59 Å². The Labute approximate surface area is 252 Å². The fraction of sp³-hybridized carbons (Fsp3) is 0.455. The van der Waals surface area contributed by atoms with E-state index in [2.05, 4.69) is 10.6 Å². The van der Waals surface area contributed by atoms with E-state index in [1.54, 1.807) is 25.7 Å². The number of alkyl carbamates (subject to hydrolysis) is 1. The van der Waals surface area contributed by atoms with Crippen LogP contribution in [-0.2, 0) is 28.6 Å². The molecule has 43 heavy (non-hydrogen) atoms. The number of likely N-dealkylation sites (tertiary alicyclic amines) is 1. The predicted molar refractivity (Wildman–Crippen MR) is 160 cm³/mol. The van der Waals surface area contributed by atoms with Gasteiger partial charge in [0.15, 0.2) is 12.2 Å². The Morgan fingerprint density at radius 3 is 1.91 bits per heavy atom. The SMILES string of the molecule is CC(=O)N[C@@H]1[C@@H](NC(=O)OC(C)(C)C)C=C(C(=O)OC(c2ccccc2)c2ccccc2)O[C@H]1C(=O)N1[C@H](C)CC[C@@H]1C. The summed E-state index contributed by atoms with van der Waals surface area (Å²) in [6.07, 6.45) is 0.124. The molecule has 3 amide bonds. The van der Waals surface area contributed by atoms with Gasteiger partial charge < -0.3 is 29.7 Å². The quantitative estimate of drug-likeness (QED) is 0.458. The maximum absolute atomic E-state index is 14.0. The van der Waals surface area contributed by atoms with Gasteiger partial charge in [-0.1, -0.05) is 60.7 Å². The molecule has 0 saturated carbocycles. The van der Waals surface area contributed by atoms with Crippen molar-refractivity contribution in [3.05, 3.63) is 83.6 Å². The van der Waals surface area contributed by atoms with Crippen LogP contribution in [0.25, 0.3) is 0 Å². The maximum atomic E-state index is 14.0. The van der Waals surface area contributed by atoms with Gasteiger partial charge in [-0.05, 0) is 64.7 Å². The molecule has 2 N–H and O–H groups in total. The Morgan fingerprint density at radius 2 is 1.42 bits per heavy atom. The topological polar surface area (TPSA) is 123 Å². The zero-order valence-electron chi connectivity index (χ0n) is 25.5. The van der Waals surface area contributed by atoms with Crippen LogP contribution in [0.5, 0.6) is 0 Å². The average Bonchev–Trinajstić information content (AvgIpc) is 3.29. The minimum atomic E-state index is -1.31. The molecule has 0 aromatic heterocycles. The third kappa shape index (κ3) is 7.94. The highest BCUT2D eigenvalue weighted by Crippen LogP contribution is 2.31. The van der Waals surface area contributed by atoms with Gasteiger partial charge in [0, 0.05) is 19.0 Å². The molecule has 2 aliphatic rings. The number of esters is 1. The Kier molecular flexibility index (Phi) is 9.78. The number of ether oxygens (including phenoxy) is 3. The van der Waals surface area contributed by atoms with E-state index >= 15 is 0 Å².